The summed E-state index contributed by atoms with van der Waals surface area (Å²) in [5.74, 6) is 0.513. The van der Waals surface area contributed by atoms with Gasteiger partial charge in [0.25, 0.3) is 0 Å². The fraction of sp³-hybridized carbons (Fsp3) is 0.391. The highest BCUT2D eigenvalue weighted by Gasteiger charge is 2.26. The molecule has 0 aromatic heterocycles. The third-order valence-corrected chi connectivity index (χ3v) is 4.68. The lowest BCUT2D eigenvalue weighted by Gasteiger charge is -2.29. The Morgan fingerprint density at radius 2 is 1.82 bits per heavy atom. The van der Waals surface area contributed by atoms with Crippen molar-refractivity contribution >= 4 is 11.8 Å². The number of rotatable bonds is 9. The molecule has 0 saturated carbocycles. The zero-order valence-electron chi connectivity index (χ0n) is 17.2. The molecule has 0 aliphatic carbocycles. The third-order valence-electron chi connectivity index (χ3n) is 4.68. The molecular formula is C23H30N2O3. The van der Waals surface area contributed by atoms with Crippen LogP contribution in [0.2, 0.25) is 0 Å². The van der Waals surface area contributed by atoms with Crippen LogP contribution in [0.25, 0.3) is 0 Å². The van der Waals surface area contributed by atoms with E-state index in [0.717, 1.165) is 28.9 Å². The monoisotopic (exact) mass is 382 g/mol. The maximum atomic E-state index is 13.1. The molecule has 1 atom stereocenters. The molecule has 5 nitrogen and oxygen atoms in total. The van der Waals surface area contributed by atoms with Crippen LogP contribution in [0.1, 0.15) is 37.0 Å². The van der Waals surface area contributed by atoms with Gasteiger partial charge in [0.05, 0.1) is 13.5 Å². The van der Waals surface area contributed by atoms with Gasteiger partial charge in [-0.1, -0.05) is 48.9 Å². The number of amides is 2. The normalized spacial score (nSPS) is 11.6. The molecule has 0 radical (unpaired) electrons. The average molecular weight is 383 g/mol. The Morgan fingerprint density at radius 1 is 1.11 bits per heavy atom. The molecule has 0 fully saturated rings. The second-order valence-electron chi connectivity index (χ2n) is 7.00. The summed E-state index contributed by atoms with van der Waals surface area (Å²) in [7, 11) is 1.61. The van der Waals surface area contributed by atoms with Gasteiger partial charge in [-0.05, 0) is 43.5 Å². The van der Waals surface area contributed by atoms with Crippen molar-refractivity contribution in [2.75, 3.05) is 13.7 Å². The predicted molar refractivity (Wildman–Crippen MR) is 111 cm³/mol. The summed E-state index contributed by atoms with van der Waals surface area (Å²) in [5.41, 5.74) is 3.01. The maximum absolute atomic E-state index is 13.1. The molecule has 0 heterocycles. The SMILES string of the molecule is CCCNC(=O)C(C)N(Cc1cccc(OC)c1)C(=O)Cc1ccc(C)cc1. The Kier molecular flexibility index (Phi) is 8.05. The number of nitrogens with zero attached hydrogens (tertiary/aromatic N) is 1. The van der Waals surface area contributed by atoms with Crippen molar-refractivity contribution in [3.8, 4) is 5.75 Å². The number of carbonyl (C=O) groups is 2. The lowest BCUT2D eigenvalue weighted by molar-refractivity contribution is -0.140. The van der Waals surface area contributed by atoms with Gasteiger partial charge in [0, 0.05) is 13.1 Å². The van der Waals surface area contributed by atoms with Crippen LogP contribution in [-0.2, 0) is 22.6 Å². The second kappa shape index (κ2) is 10.5. The van der Waals surface area contributed by atoms with Gasteiger partial charge in [-0.25, -0.2) is 0 Å². The van der Waals surface area contributed by atoms with E-state index < -0.39 is 6.04 Å². The van der Waals surface area contributed by atoms with Crippen LogP contribution in [-0.4, -0.2) is 36.4 Å². The molecule has 150 valence electrons. The lowest BCUT2D eigenvalue weighted by Crippen LogP contribution is -2.48. The summed E-state index contributed by atoms with van der Waals surface area (Å²) in [6.45, 7) is 6.74. The van der Waals surface area contributed by atoms with E-state index >= 15 is 0 Å². The fourth-order valence-corrected chi connectivity index (χ4v) is 2.93. The molecule has 0 spiro atoms. The summed E-state index contributed by atoms with van der Waals surface area (Å²) >= 11 is 0. The summed E-state index contributed by atoms with van der Waals surface area (Å²) in [4.78, 5) is 27.3. The lowest BCUT2D eigenvalue weighted by atomic mass is 10.1. The van der Waals surface area contributed by atoms with Crippen LogP contribution in [0.4, 0.5) is 0 Å². The molecule has 2 amide bonds. The molecule has 2 aromatic rings. The smallest absolute Gasteiger partial charge is 0.242 e. The predicted octanol–water partition coefficient (Wildman–Crippen LogP) is 3.49. The molecule has 1 unspecified atom stereocenters. The zero-order valence-corrected chi connectivity index (χ0v) is 17.2. The van der Waals surface area contributed by atoms with Crippen LogP contribution in [0.3, 0.4) is 0 Å². The maximum Gasteiger partial charge on any atom is 0.242 e. The largest absolute Gasteiger partial charge is 0.497 e. The van der Waals surface area contributed by atoms with Crippen molar-refractivity contribution < 1.29 is 14.3 Å². The number of aryl methyl sites for hydroxylation is 1. The van der Waals surface area contributed by atoms with E-state index in [1.54, 1.807) is 18.9 Å². The summed E-state index contributed by atoms with van der Waals surface area (Å²) < 4.78 is 5.28. The number of benzene rings is 2. The minimum absolute atomic E-state index is 0.0779. The minimum atomic E-state index is -0.560. The molecule has 2 rings (SSSR count). The number of methoxy groups -OCH3 is 1. The van der Waals surface area contributed by atoms with Crippen LogP contribution < -0.4 is 10.1 Å². The van der Waals surface area contributed by atoms with E-state index in [4.69, 9.17) is 4.74 Å². The molecule has 28 heavy (non-hydrogen) atoms. The van der Waals surface area contributed by atoms with Gasteiger partial charge in [0.1, 0.15) is 11.8 Å². The summed E-state index contributed by atoms with van der Waals surface area (Å²) in [6.07, 6.45) is 1.11. The van der Waals surface area contributed by atoms with Gasteiger partial charge < -0.3 is 15.0 Å². The third kappa shape index (κ3) is 6.12. The van der Waals surface area contributed by atoms with Crippen LogP contribution >= 0.6 is 0 Å². The summed E-state index contributed by atoms with van der Waals surface area (Å²) in [5, 5.41) is 2.89. The van der Waals surface area contributed by atoms with Gasteiger partial charge in [-0.2, -0.15) is 0 Å². The quantitative estimate of drug-likeness (QED) is 0.722. The van der Waals surface area contributed by atoms with Crippen molar-refractivity contribution in [1.29, 1.82) is 0 Å². The minimum Gasteiger partial charge on any atom is -0.497 e. The van der Waals surface area contributed by atoms with Crippen molar-refractivity contribution in [1.82, 2.24) is 10.2 Å². The fourth-order valence-electron chi connectivity index (χ4n) is 2.93. The number of nitrogens with one attached hydrogen (secondary N) is 1. The standard InChI is InChI=1S/C23H30N2O3/c1-5-13-24-23(27)18(3)25(16-20-7-6-8-21(14-20)28-4)22(26)15-19-11-9-17(2)10-12-19/h6-12,14,18H,5,13,15-16H2,1-4H3,(H,24,27). The van der Waals surface area contributed by atoms with E-state index in [1.807, 2.05) is 62.4 Å². The molecule has 1 N–H and O–H groups in total. The highest BCUT2D eigenvalue weighted by atomic mass is 16.5. The van der Waals surface area contributed by atoms with Gasteiger partial charge in [-0.15, -0.1) is 0 Å². The Hall–Kier alpha value is -2.82. The van der Waals surface area contributed by atoms with E-state index in [1.165, 1.54) is 0 Å². The van der Waals surface area contributed by atoms with Crippen molar-refractivity contribution in [2.45, 2.75) is 46.2 Å². The molecule has 0 saturated heterocycles. The van der Waals surface area contributed by atoms with E-state index in [-0.39, 0.29) is 18.2 Å². The zero-order chi connectivity index (χ0) is 20.5. The van der Waals surface area contributed by atoms with Gasteiger partial charge in [-0.3, -0.25) is 9.59 Å². The van der Waals surface area contributed by atoms with E-state index in [9.17, 15) is 9.59 Å². The molecule has 2 aromatic carbocycles. The van der Waals surface area contributed by atoms with Crippen molar-refractivity contribution in [3.63, 3.8) is 0 Å². The first kappa shape index (κ1) is 21.5. The molecule has 0 bridgehead atoms. The first-order valence-electron chi connectivity index (χ1n) is 9.70. The molecule has 0 aliphatic rings. The van der Waals surface area contributed by atoms with E-state index in [0.29, 0.717) is 13.1 Å². The Morgan fingerprint density at radius 3 is 2.46 bits per heavy atom. The number of ether oxygens (including phenoxy) is 1. The number of carbonyl (C=O) groups excluding carboxylic acids is 2. The van der Waals surface area contributed by atoms with Crippen molar-refractivity contribution in [3.05, 3.63) is 65.2 Å². The first-order valence-corrected chi connectivity index (χ1v) is 9.70. The van der Waals surface area contributed by atoms with Gasteiger partial charge in [0.15, 0.2) is 0 Å². The van der Waals surface area contributed by atoms with E-state index in [2.05, 4.69) is 5.32 Å². The molecule has 5 heteroatoms. The number of hydrogen-bond donors (Lipinski definition) is 1. The molecular weight excluding hydrogens is 352 g/mol. The Bertz CT molecular complexity index is 787. The average Bonchev–Trinajstić information content (AvgIpc) is 2.71. The number of hydrogen-bond acceptors (Lipinski definition) is 3. The Balaban J connectivity index is 2.21. The van der Waals surface area contributed by atoms with Crippen LogP contribution in [0.5, 0.6) is 5.75 Å². The highest BCUT2D eigenvalue weighted by Crippen LogP contribution is 2.17. The molecule has 0 aliphatic heterocycles. The van der Waals surface area contributed by atoms with Crippen LogP contribution in [0.15, 0.2) is 48.5 Å². The topological polar surface area (TPSA) is 58.6 Å². The highest BCUT2D eigenvalue weighted by molar-refractivity contribution is 5.88. The second-order valence-corrected chi connectivity index (χ2v) is 7.00. The van der Waals surface area contributed by atoms with Crippen molar-refractivity contribution in [2.24, 2.45) is 0 Å². The van der Waals surface area contributed by atoms with Gasteiger partial charge >= 0.3 is 0 Å². The summed E-state index contributed by atoms with van der Waals surface area (Å²) in [6, 6.07) is 14.9. The first-order chi connectivity index (χ1) is 13.4. The van der Waals surface area contributed by atoms with Crippen LogP contribution in [0, 0.1) is 6.92 Å². The van der Waals surface area contributed by atoms with Gasteiger partial charge in [0.2, 0.25) is 11.8 Å². The Labute approximate surface area is 167 Å².